The second kappa shape index (κ2) is 58.2. The minimum atomic E-state index is -0.379. The average Bonchev–Trinajstić information content (AvgIpc) is 1.96. The van der Waals surface area contributed by atoms with E-state index in [1.807, 2.05) is 121 Å². The molecule has 0 aliphatic carbocycles. The minimum Gasteiger partial charge on any atom is -0.872 e. The molecule has 4 radical (unpaired) electrons. The first-order valence-corrected chi connectivity index (χ1v) is 28.5. The van der Waals surface area contributed by atoms with Crippen LogP contribution in [-0.4, -0.2) is 124 Å². The first kappa shape index (κ1) is 93.0. The average molecular weight is 1530 g/mol. The summed E-state index contributed by atoms with van der Waals surface area (Å²) in [7, 11) is 4.00. The van der Waals surface area contributed by atoms with Crippen molar-refractivity contribution in [1.29, 1.82) is 0 Å². The fourth-order valence-electron chi connectivity index (χ4n) is 7.39. The first-order chi connectivity index (χ1) is 42.7. The van der Waals surface area contributed by atoms with Gasteiger partial charge in [0.05, 0.1) is 0 Å². The van der Waals surface area contributed by atoms with Crippen LogP contribution in [0.1, 0.15) is 44.5 Å². The van der Waals surface area contributed by atoms with Crippen molar-refractivity contribution in [3.05, 3.63) is 259 Å². The van der Waals surface area contributed by atoms with Gasteiger partial charge in [-0.15, -0.1) is 26.4 Å². The molecule has 0 aliphatic heterocycles. The second-order valence-corrected chi connectivity index (χ2v) is 19.6. The zero-order valence-corrected chi connectivity index (χ0v) is 57.1. The van der Waals surface area contributed by atoms with Crippen molar-refractivity contribution in [2.45, 2.75) is 49.9 Å². The molecule has 0 bridgehead atoms. The third-order valence-electron chi connectivity index (χ3n) is 11.6. The Morgan fingerprint density at radius 1 is 0.293 bits per heavy atom. The van der Waals surface area contributed by atoms with E-state index in [0.29, 0.717) is 68.0 Å². The van der Waals surface area contributed by atoms with Crippen LogP contribution < -0.4 is 40.9 Å². The number of hydrogen-bond acceptors (Lipinski definition) is 16. The zero-order valence-electron chi connectivity index (χ0n) is 50.3. The van der Waals surface area contributed by atoms with Gasteiger partial charge in [0.15, 0.2) is 0 Å². The summed E-state index contributed by atoms with van der Waals surface area (Å²) in [5, 5.41) is 121. The van der Waals surface area contributed by atoms with Crippen molar-refractivity contribution in [2.75, 3.05) is 54.9 Å². The molecule has 4 N–H and O–H groups in total. The van der Waals surface area contributed by atoms with Gasteiger partial charge in [0, 0.05) is 97.6 Å². The summed E-state index contributed by atoms with van der Waals surface area (Å²) in [6.07, 6.45) is 8.04. The van der Waals surface area contributed by atoms with E-state index in [1.165, 1.54) is 73.4 Å². The Labute approximate surface area is 602 Å². The van der Waals surface area contributed by atoms with Gasteiger partial charge in [-0.3, -0.25) is 20.0 Å². The predicted molar refractivity (Wildman–Crippen MR) is 342 cm³/mol. The van der Waals surface area contributed by atoms with Crippen LogP contribution in [0.15, 0.2) is 214 Å². The maximum Gasteiger partial charge on any atom is 2.00 e. The number of aliphatic imine (C=N–C) groups is 4. The Balaban J connectivity index is -0.000000533. The minimum absolute atomic E-state index is 0. The maximum atomic E-state index is 11.6. The summed E-state index contributed by atoms with van der Waals surface area (Å²) >= 11 is 23.3. The standard InChI is InChI=1S/4C16H15ClNO2.4CH4O.4Cu/c4*17-14-6-7-16(20)13(9-14)10-18-15(11-19)8-12-4-2-1-3-5-12;4*1-2;;;;/h4*1-7,9-10,15,20H,8,11H2;4*2H,1H3;;;;/q4*-1;;;;;4*+2/p-4/t4*15-;;;;;;;;/m0000......../s1. The van der Waals surface area contributed by atoms with Crippen LogP contribution in [0, 0.1) is 0 Å². The van der Waals surface area contributed by atoms with Crippen LogP contribution in [0.25, 0.3) is 0 Å². The van der Waals surface area contributed by atoms with Crippen molar-refractivity contribution in [1.82, 2.24) is 0 Å². The second-order valence-electron chi connectivity index (χ2n) is 17.9. The van der Waals surface area contributed by atoms with Crippen molar-refractivity contribution >= 4 is 71.3 Å². The van der Waals surface area contributed by atoms with Crippen LogP contribution >= 0.6 is 46.4 Å². The molecule has 24 heteroatoms. The molecule has 0 aliphatic rings. The van der Waals surface area contributed by atoms with Crippen molar-refractivity contribution in [3.8, 4) is 23.0 Å². The summed E-state index contributed by atoms with van der Waals surface area (Å²) in [5.41, 5.74) is 5.84. The molecule has 0 fully saturated rings. The molecule has 0 saturated carbocycles. The maximum absolute atomic E-state index is 11.6. The molecule has 8 aromatic carbocycles. The molecule has 4 atom stereocenters. The van der Waals surface area contributed by atoms with Gasteiger partial charge < -0.3 is 61.3 Å². The first-order valence-electron chi connectivity index (χ1n) is 27.0. The van der Waals surface area contributed by atoms with Crippen LogP contribution in [0.5, 0.6) is 23.0 Å². The largest absolute Gasteiger partial charge is 2.00 e. The van der Waals surface area contributed by atoms with Gasteiger partial charge in [-0.2, -0.15) is 0 Å². The number of aliphatic hydroxyl groups excluding tert-OH is 4. The van der Waals surface area contributed by atoms with Crippen molar-refractivity contribution < 1.29 is 130 Å². The van der Waals surface area contributed by atoms with E-state index in [9.17, 15) is 40.9 Å². The van der Waals surface area contributed by atoms with Crippen LogP contribution in [0.3, 0.4) is 0 Å². The summed E-state index contributed by atoms with van der Waals surface area (Å²) in [4.78, 5) is 16.9. The number of nitrogens with zero attached hydrogens (tertiary/aromatic N) is 4. The van der Waals surface area contributed by atoms with Gasteiger partial charge >= 0.3 is 68.3 Å². The molecule has 0 saturated heterocycles. The third-order valence-corrected chi connectivity index (χ3v) is 12.6. The SMILES string of the molecule is CO.CO.CO.CO.[Cu+2].[Cu+2].[Cu+2].[Cu+2].[O-]C[C@H](Cc1ccccc1)N=Cc1cc(Cl)ccc1[O-].[O-]C[C@H](Cc1ccccc1)N=Cc1cc(Cl)ccc1[O-].[O-]C[C@H](Cc1ccccc1)N=Cc1cc(Cl)ccc1[O-].[O-]C[C@H](Cc1ccccc1)N=Cc1cc(Cl)ccc1[O-]. The quantitative estimate of drug-likeness (QED) is 0.0532. The van der Waals surface area contributed by atoms with E-state index in [-0.39, 0.29) is 142 Å². The van der Waals surface area contributed by atoms with E-state index in [4.69, 9.17) is 66.8 Å². The third kappa shape index (κ3) is 39.3. The van der Waals surface area contributed by atoms with Crippen LogP contribution in [0.2, 0.25) is 20.1 Å². The normalized spacial score (nSPS) is 11.3. The molecule has 8 aromatic rings. The Bertz CT molecular complexity index is 2800. The topological polar surface area (TPSA) is 315 Å². The molecular weight excluding hydrogens is 1460 g/mol. The zero-order chi connectivity index (χ0) is 65.5. The predicted octanol–water partition coefficient (Wildman–Crippen LogP) is 5.64. The van der Waals surface area contributed by atoms with E-state index in [1.54, 1.807) is 24.3 Å². The molecule has 508 valence electrons. The summed E-state index contributed by atoms with van der Waals surface area (Å²) in [6, 6.07) is 55.2. The van der Waals surface area contributed by atoms with Gasteiger partial charge in [-0.1, -0.05) is 215 Å². The van der Waals surface area contributed by atoms with Gasteiger partial charge in [0.25, 0.3) is 0 Å². The Kier molecular flexibility index (Phi) is 58.8. The molecule has 8 rings (SSSR count). The van der Waals surface area contributed by atoms with E-state index >= 15 is 0 Å². The number of rotatable bonds is 20. The summed E-state index contributed by atoms with van der Waals surface area (Å²) in [5.74, 6) is -0.602. The fourth-order valence-corrected chi connectivity index (χ4v) is 8.11. The van der Waals surface area contributed by atoms with Gasteiger partial charge in [-0.05, 0) is 119 Å². The molecule has 0 unspecified atom stereocenters. The Morgan fingerprint density at radius 3 is 0.609 bits per heavy atom. The number of halogens is 4. The van der Waals surface area contributed by atoms with E-state index in [2.05, 4.69) is 20.0 Å². The van der Waals surface area contributed by atoms with Gasteiger partial charge in [0.1, 0.15) is 0 Å². The van der Waals surface area contributed by atoms with Gasteiger partial charge in [0.2, 0.25) is 0 Å². The molecular formula is C68H72Cl4Cu4N4O12. The molecule has 0 heterocycles. The molecule has 16 nitrogen and oxygen atoms in total. The van der Waals surface area contributed by atoms with Crippen LogP contribution in [0.4, 0.5) is 0 Å². The Morgan fingerprint density at radius 2 is 0.457 bits per heavy atom. The van der Waals surface area contributed by atoms with Gasteiger partial charge in [-0.25, -0.2) is 0 Å². The molecule has 0 spiro atoms. The van der Waals surface area contributed by atoms with Crippen molar-refractivity contribution in [2.24, 2.45) is 20.0 Å². The Hall–Kier alpha value is -5.44. The summed E-state index contributed by atoms with van der Waals surface area (Å²) in [6.45, 7) is -1.28. The monoisotopic (exact) mass is 1530 g/mol. The number of hydrogen-bond donors (Lipinski definition) is 4. The summed E-state index contributed by atoms with van der Waals surface area (Å²) < 4.78 is 0. The van der Waals surface area contributed by atoms with Crippen molar-refractivity contribution in [3.63, 3.8) is 0 Å². The van der Waals surface area contributed by atoms with E-state index in [0.717, 1.165) is 50.7 Å². The van der Waals surface area contributed by atoms with Crippen LogP contribution in [-0.2, 0) is 94.0 Å². The number of aliphatic hydroxyl groups is 4. The van der Waals surface area contributed by atoms with E-state index < -0.39 is 0 Å². The number of benzene rings is 8. The smallest absolute Gasteiger partial charge is 0.872 e. The molecule has 0 amide bonds. The molecule has 92 heavy (non-hydrogen) atoms. The molecule has 0 aromatic heterocycles. The fraction of sp³-hybridized carbons (Fsp3) is 0.235.